The molecule has 0 aliphatic rings. The van der Waals surface area contributed by atoms with Crippen molar-refractivity contribution < 1.29 is 4.79 Å². The van der Waals surface area contributed by atoms with Crippen LogP contribution in [0.4, 0.5) is 5.69 Å². The lowest BCUT2D eigenvalue weighted by Gasteiger charge is -2.11. The first-order chi connectivity index (χ1) is 14.1. The molecule has 142 valence electrons. The minimum Gasteiger partial charge on any atom is -0.321 e. The average molecular weight is 420 g/mol. The van der Waals surface area contributed by atoms with Gasteiger partial charge in [-0.15, -0.1) is 10.2 Å². The SMILES string of the molecule is Cc1nnc2sc(-c3ccccc3NC(=O)c3cccc4c(Cl)cccc34)nn12. The van der Waals surface area contributed by atoms with E-state index in [1.54, 1.807) is 10.6 Å². The van der Waals surface area contributed by atoms with E-state index in [2.05, 4.69) is 20.6 Å². The Morgan fingerprint density at radius 1 is 1.00 bits per heavy atom. The van der Waals surface area contributed by atoms with E-state index < -0.39 is 0 Å². The maximum Gasteiger partial charge on any atom is 0.256 e. The van der Waals surface area contributed by atoms with E-state index in [0.717, 1.165) is 27.2 Å². The Balaban J connectivity index is 1.55. The number of halogens is 1. The maximum atomic E-state index is 13.1. The lowest BCUT2D eigenvalue weighted by Crippen LogP contribution is -2.13. The first-order valence-corrected chi connectivity index (χ1v) is 10.1. The molecule has 1 N–H and O–H groups in total. The Hall–Kier alpha value is -3.29. The van der Waals surface area contributed by atoms with Gasteiger partial charge in [0.25, 0.3) is 5.91 Å². The number of carbonyl (C=O) groups excluding carboxylic acids is 1. The molecule has 0 saturated heterocycles. The Kier molecular flexibility index (Phi) is 4.26. The van der Waals surface area contributed by atoms with E-state index in [1.807, 2.05) is 61.5 Å². The van der Waals surface area contributed by atoms with E-state index >= 15 is 0 Å². The van der Waals surface area contributed by atoms with Crippen molar-refractivity contribution in [2.45, 2.75) is 6.92 Å². The zero-order valence-electron chi connectivity index (χ0n) is 15.3. The smallest absolute Gasteiger partial charge is 0.256 e. The highest BCUT2D eigenvalue weighted by atomic mass is 35.5. The summed E-state index contributed by atoms with van der Waals surface area (Å²) >= 11 is 7.71. The molecule has 2 heterocycles. The molecule has 0 spiro atoms. The first-order valence-electron chi connectivity index (χ1n) is 8.88. The molecule has 0 aliphatic heterocycles. The largest absolute Gasteiger partial charge is 0.321 e. The van der Waals surface area contributed by atoms with Crippen LogP contribution in [-0.4, -0.2) is 25.7 Å². The number of nitrogens with one attached hydrogen (secondary N) is 1. The summed E-state index contributed by atoms with van der Waals surface area (Å²) in [5.41, 5.74) is 2.07. The fourth-order valence-electron chi connectivity index (χ4n) is 3.26. The second-order valence-corrected chi connectivity index (χ2v) is 7.85. The molecular formula is C21H14ClN5OS. The highest BCUT2D eigenvalue weighted by Gasteiger charge is 2.17. The van der Waals surface area contributed by atoms with Gasteiger partial charge in [0.2, 0.25) is 4.96 Å². The number of benzene rings is 3. The minimum absolute atomic E-state index is 0.204. The summed E-state index contributed by atoms with van der Waals surface area (Å²) in [6.07, 6.45) is 0. The monoisotopic (exact) mass is 419 g/mol. The number of hydrogen-bond donors (Lipinski definition) is 1. The van der Waals surface area contributed by atoms with Crippen LogP contribution in [0.1, 0.15) is 16.2 Å². The molecule has 8 heteroatoms. The molecule has 5 rings (SSSR count). The van der Waals surface area contributed by atoms with Gasteiger partial charge >= 0.3 is 0 Å². The van der Waals surface area contributed by atoms with Gasteiger partial charge in [-0.3, -0.25) is 4.79 Å². The Labute approximate surface area is 174 Å². The Morgan fingerprint density at radius 2 is 1.79 bits per heavy atom. The van der Waals surface area contributed by atoms with Crippen molar-refractivity contribution in [3.63, 3.8) is 0 Å². The van der Waals surface area contributed by atoms with Gasteiger partial charge in [-0.25, -0.2) is 0 Å². The fraction of sp³-hybridized carbons (Fsp3) is 0.0476. The number of para-hydroxylation sites is 1. The molecular weight excluding hydrogens is 406 g/mol. The van der Waals surface area contributed by atoms with Crippen LogP contribution < -0.4 is 5.32 Å². The van der Waals surface area contributed by atoms with Gasteiger partial charge < -0.3 is 5.32 Å². The summed E-state index contributed by atoms with van der Waals surface area (Å²) in [7, 11) is 0. The number of hydrogen-bond acceptors (Lipinski definition) is 5. The highest BCUT2D eigenvalue weighted by Crippen LogP contribution is 2.32. The number of nitrogens with zero attached hydrogens (tertiary/aromatic N) is 4. The van der Waals surface area contributed by atoms with Crippen molar-refractivity contribution in [3.8, 4) is 10.6 Å². The van der Waals surface area contributed by atoms with Crippen LogP contribution in [0, 0.1) is 6.92 Å². The molecule has 0 aliphatic carbocycles. The van der Waals surface area contributed by atoms with Gasteiger partial charge in [-0.1, -0.05) is 59.3 Å². The van der Waals surface area contributed by atoms with Gasteiger partial charge in [0.15, 0.2) is 5.82 Å². The Morgan fingerprint density at radius 3 is 2.66 bits per heavy atom. The number of rotatable bonds is 3. The van der Waals surface area contributed by atoms with Crippen molar-refractivity contribution in [1.29, 1.82) is 0 Å². The van der Waals surface area contributed by atoms with Crippen molar-refractivity contribution in [3.05, 3.63) is 77.1 Å². The van der Waals surface area contributed by atoms with Gasteiger partial charge in [0.05, 0.1) is 5.69 Å². The van der Waals surface area contributed by atoms with E-state index in [9.17, 15) is 4.79 Å². The number of anilines is 1. The second-order valence-electron chi connectivity index (χ2n) is 6.49. The van der Waals surface area contributed by atoms with E-state index in [1.165, 1.54) is 11.3 Å². The predicted molar refractivity (Wildman–Crippen MR) is 116 cm³/mol. The zero-order valence-corrected chi connectivity index (χ0v) is 16.8. The van der Waals surface area contributed by atoms with Crippen molar-refractivity contribution in [2.75, 3.05) is 5.32 Å². The van der Waals surface area contributed by atoms with Gasteiger partial charge in [0, 0.05) is 21.5 Å². The molecule has 3 aromatic carbocycles. The second kappa shape index (κ2) is 6.95. The molecule has 0 fully saturated rings. The predicted octanol–water partition coefficient (Wildman–Crippen LogP) is 5.22. The number of fused-ring (bicyclic) bond motifs is 2. The number of amides is 1. The molecule has 2 aromatic heterocycles. The van der Waals surface area contributed by atoms with E-state index in [0.29, 0.717) is 21.2 Å². The summed E-state index contributed by atoms with van der Waals surface area (Å²) in [4.78, 5) is 13.8. The summed E-state index contributed by atoms with van der Waals surface area (Å²) < 4.78 is 1.70. The lowest BCUT2D eigenvalue weighted by molar-refractivity contribution is 0.102. The zero-order chi connectivity index (χ0) is 20.0. The molecule has 1 amide bonds. The van der Waals surface area contributed by atoms with E-state index in [4.69, 9.17) is 11.6 Å². The van der Waals surface area contributed by atoms with Crippen LogP contribution in [0.5, 0.6) is 0 Å². The van der Waals surface area contributed by atoms with Crippen LogP contribution in [-0.2, 0) is 0 Å². The molecule has 0 saturated carbocycles. The summed E-state index contributed by atoms with van der Waals surface area (Å²) in [5, 5.41) is 18.8. The first kappa shape index (κ1) is 17.8. The number of aryl methyl sites for hydroxylation is 1. The topological polar surface area (TPSA) is 72.2 Å². The third-order valence-electron chi connectivity index (χ3n) is 4.67. The summed E-state index contributed by atoms with van der Waals surface area (Å²) in [6, 6.07) is 18.7. The van der Waals surface area contributed by atoms with Crippen molar-refractivity contribution in [1.82, 2.24) is 19.8 Å². The quantitative estimate of drug-likeness (QED) is 0.435. The average Bonchev–Trinajstić information content (AvgIpc) is 3.30. The normalized spacial score (nSPS) is 11.2. The number of carbonyl (C=O) groups is 1. The standard InChI is InChI=1S/C21H14ClN5OS/c1-12-24-25-21-27(12)26-20(29-21)16-6-2-3-11-18(16)23-19(28)15-9-4-8-14-13(15)7-5-10-17(14)22/h2-11H,1H3,(H,23,28). The van der Waals surface area contributed by atoms with Crippen molar-refractivity contribution in [2.24, 2.45) is 0 Å². The number of aromatic nitrogens is 4. The minimum atomic E-state index is -0.204. The van der Waals surface area contributed by atoms with Gasteiger partial charge in [-0.05, 0) is 36.6 Å². The molecule has 0 radical (unpaired) electrons. The van der Waals surface area contributed by atoms with Crippen LogP contribution >= 0.6 is 22.9 Å². The molecule has 5 aromatic rings. The maximum absolute atomic E-state index is 13.1. The van der Waals surface area contributed by atoms with Crippen LogP contribution in [0.25, 0.3) is 26.3 Å². The van der Waals surface area contributed by atoms with Crippen LogP contribution in [0.15, 0.2) is 60.7 Å². The van der Waals surface area contributed by atoms with Crippen LogP contribution in [0.3, 0.4) is 0 Å². The van der Waals surface area contributed by atoms with Crippen LogP contribution in [0.2, 0.25) is 5.02 Å². The van der Waals surface area contributed by atoms with Gasteiger partial charge in [-0.2, -0.15) is 9.61 Å². The summed E-state index contributed by atoms with van der Waals surface area (Å²) in [6.45, 7) is 1.85. The lowest BCUT2D eigenvalue weighted by atomic mass is 10.0. The summed E-state index contributed by atoms with van der Waals surface area (Å²) in [5.74, 6) is 0.515. The molecule has 0 unspecified atom stereocenters. The van der Waals surface area contributed by atoms with Gasteiger partial charge in [0.1, 0.15) is 5.01 Å². The molecule has 29 heavy (non-hydrogen) atoms. The Bertz CT molecular complexity index is 1390. The molecule has 6 nitrogen and oxygen atoms in total. The van der Waals surface area contributed by atoms with E-state index in [-0.39, 0.29) is 5.91 Å². The van der Waals surface area contributed by atoms with Crippen molar-refractivity contribution >= 4 is 50.3 Å². The fourth-order valence-corrected chi connectivity index (χ4v) is 4.42. The third kappa shape index (κ3) is 3.04. The molecule has 0 bridgehead atoms. The highest BCUT2D eigenvalue weighted by molar-refractivity contribution is 7.19. The third-order valence-corrected chi connectivity index (χ3v) is 5.93. The molecule has 0 atom stereocenters.